The van der Waals surface area contributed by atoms with Gasteiger partial charge in [0, 0.05) is 70.9 Å². The molecule has 0 N–H and O–H groups in total. The maximum absolute atomic E-state index is 6.78. The van der Waals surface area contributed by atoms with E-state index in [1.54, 1.807) is 0 Å². The van der Waals surface area contributed by atoms with E-state index >= 15 is 0 Å². The molecule has 10 heteroatoms. The van der Waals surface area contributed by atoms with Gasteiger partial charge in [0.15, 0.2) is 34.9 Å². The summed E-state index contributed by atoms with van der Waals surface area (Å²) in [6, 6.07) is 90.6. The Kier molecular flexibility index (Phi) is 11.1. The monoisotopic (exact) mass is 1130 g/mol. The molecule has 10 nitrogen and oxygen atoms in total. The second-order valence-corrected chi connectivity index (χ2v) is 22.1. The number of furan rings is 4. The summed E-state index contributed by atoms with van der Waals surface area (Å²) in [6.45, 7) is 0. The minimum Gasteiger partial charge on any atom is -0.456 e. The van der Waals surface area contributed by atoms with Gasteiger partial charge in [-0.05, 0) is 112 Å². The first-order chi connectivity index (χ1) is 43.5. The van der Waals surface area contributed by atoms with Crippen LogP contribution < -0.4 is 0 Å². The Hall–Kier alpha value is -12.1. The summed E-state index contributed by atoms with van der Waals surface area (Å²) in [5.74, 6) is 3.19. The van der Waals surface area contributed by atoms with E-state index < -0.39 is 0 Å². The standard InChI is InChI=1S/C78H44N6O4/c1-5-16-45(17-6-1)54-24-14-28-64-70(54)59-37-32-52(43-68(59)85-64)76-80-73(47-20-9-3-10-21-47)79-75(82-76)51-31-36-57-56-35-30-50(41-66(56)87-67(57)42-51)49-34-39-63-62(40-49)58-26-13-27-61(72(58)88-63)78-83-74(48-22-11-4-12-23-48)81-77(84-78)53-33-38-60-69(44-53)86-65-29-15-25-55(71(60)65)46-18-7-2-8-19-46/h1-44H. The Morgan fingerprint density at radius 2 is 0.545 bits per heavy atom. The summed E-state index contributed by atoms with van der Waals surface area (Å²) >= 11 is 0. The summed E-state index contributed by atoms with van der Waals surface area (Å²) < 4.78 is 26.6. The highest BCUT2D eigenvalue weighted by atomic mass is 16.3. The molecule has 0 amide bonds. The molecule has 410 valence electrons. The quantitative estimate of drug-likeness (QED) is 0.138. The Labute approximate surface area is 501 Å². The molecule has 12 aromatic carbocycles. The van der Waals surface area contributed by atoms with Crippen LogP contribution in [0, 0.1) is 0 Å². The third kappa shape index (κ3) is 8.19. The molecule has 0 saturated carbocycles. The highest BCUT2D eigenvalue weighted by molar-refractivity contribution is 6.15. The van der Waals surface area contributed by atoms with Gasteiger partial charge in [-0.25, -0.2) is 29.9 Å². The van der Waals surface area contributed by atoms with Crippen LogP contribution in [0.15, 0.2) is 285 Å². The molecule has 0 aliphatic rings. The van der Waals surface area contributed by atoms with Gasteiger partial charge < -0.3 is 17.7 Å². The number of para-hydroxylation sites is 1. The van der Waals surface area contributed by atoms with Crippen molar-refractivity contribution in [1.82, 2.24) is 29.9 Å². The zero-order valence-corrected chi connectivity index (χ0v) is 46.7. The van der Waals surface area contributed by atoms with Crippen LogP contribution in [0.4, 0.5) is 0 Å². The van der Waals surface area contributed by atoms with Crippen molar-refractivity contribution in [3.05, 3.63) is 267 Å². The Balaban J connectivity index is 0.693. The van der Waals surface area contributed by atoms with Crippen molar-refractivity contribution in [2.75, 3.05) is 0 Å². The fourth-order valence-corrected chi connectivity index (χ4v) is 12.6. The Morgan fingerprint density at radius 3 is 1.05 bits per heavy atom. The lowest BCUT2D eigenvalue weighted by molar-refractivity contribution is 0.668. The molecule has 0 radical (unpaired) electrons. The van der Waals surface area contributed by atoms with Crippen molar-refractivity contribution in [3.8, 4) is 102 Å². The molecule has 18 aromatic rings. The molecule has 0 saturated heterocycles. The van der Waals surface area contributed by atoms with Gasteiger partial charge in [-0.2, -0.15) is 0 Å². The molecule has 18 rings (SSSR count). The zero-order valence-electron chi connectivity index (χ0n) is 46.7. The minimum absolute atomic E-state index is 0.495. The number of rotatable bonds is 9. The highest BCUT2D eigenvalue weighted by Gasteiger charge is 2.22. The normalized spacial score (nSPS) is 11.9. The zero-order chi connectivity index (χ0) is 57.8. The molecule has 0 atom stereocenters. The largest absolute Gasteiger partial charge is 0.456 e. The third-order valence-electron chi connectivity index (χ3n) is 16.8. The van der Waals surface area contributed by atoms with Gasteiger partial charge in [0.1, 0.15) is 44.7 Å². The first-order valence-electron chi connectivity index (χ1n) is 29.1. The smallest absolute Gasteiger partial charge is 0.167 e. The molecule has 0 unspecified atom stereocenters. The highest BCUT2D eigenvalue weighted by Crippen LogP contribution is 2.43. The van der Waals surface area contributed by atoms with Gasteiger partial charge in [0.05, 0.1) is 5.56 Å². The number of aromatic nitrogens is 6. The van der Waals surface area contributed by atoms with E-state index in [0.29, 0.717) is 40.5 Å². The van der Waals surface area contributed by atoms with E-state index in [4.69, 9.17) is 47.6 Å². The number of hydrogen-bond donors (Lipinski definition) is 0. The van der Waals surface area contributed by atoms with Gasteiger partial charge in [-0.15, -0.1) is 0 Å². The third-order valence-corrected chi connectivity index (χ3v) is 16.8. The van der Waals surface area contributed by atoms with E-state index in [0.717, 1.165) is 149 Å². The van der Waals surface area contributed by atoms with Crippen LogP contribution in [0.25, 0.3) is 189 Å². The molecule has 0 aliphatic heterocycles. The number of benzene rings is 12. The molecule has 6 heterocycles. The number of hydrogen-bond acceptors (Lipinski definition) is 10. The number of nitrogens with zero attached hydrogens (tertiary/aromatic N) is 6. The Morgan fingerprint density at radius 1 is 0.182 bits per heavy atom. The van der Waals surface area contributed by atoms with Crippen molar-refractivity contribution in [2.45, 2.75) is 0 Å². The predicted octanol–water partition coefficient (Wildman–Crippen LogP) is 20.7. The van der Waals surface area contributed by atoms with Crippen LogP contribution in [0.1, 0.15) is 0 Å². The predicted molar refractivity (Wildman–Crippen MR) is 351 cm³/mol. The lowest BCUT2D eigenvalue weighted by Crippen LogP contribution is -2.00. The van der Waals surface area contributed by atoms with Crippen molar-refractivity contribution in [2.24, 2.45) is 0 Å². The van der Waals surface area contributed by atoms with Crippen LogP contribution in [-0.4, -0.2) is 29.9 Å². The van der Waals surface area contributed by atoms with Gasteiger partial charge in [-0.1, -0.05) is 188 Å². The molecular formula is C78H44N6O4. The summed E-state index contributed by atoms with van der Waals surface area (Å²) in [6.07, 6.45) is 0. The van der Waals surface area contributed by atoms with E-state index in [-0.39, 0.29) is 0 Å². The van der Waals surface area contributed by atoms with E-state index in [1.807, 2.05) is 133 Å². The fraction of sp³-hybridized carbons (Fsp3) is 0. The van der Waals surface area contributed by atoms with Crippen LogP contribution >= 0.6 is 0 Å². The van der Waals surface area contributed by atoms with Crippen LogP contribution in [0.2, 0.25) is 0 Å². The lowest BCUT2D eigenvalue weighted by Gasteiger charge is -2.09. The molecule has 6 aromatic heterocycles. The van der Waals surface area contributed by atoms with E-state index in [2.05, 4.69) is 133 Å². The summed E-state index contributed by atoms with van der Waals surface area (Å²) in [7, 11) is 0. The van der Waals surface area contributed by atoms with Crippen LogP contribution in [0.3, 0.4) is 0 Å². The first-order valence-corrected chi connectivity index (χ1v) is 29.1. The molecule has 0 bridgehead atoms. The Bertz CT molecular complexity index is 5820. The summed E-state index contributed by atoms with van der Waals surface area (Å²) in [5.41, 5.74) is 17.5. The first kappa shape index (κ1) is 49.3. The van der Waals surface area contributed by atoms with E-state index in [1.165, 1.54) is 0 Å². The van der Waals surface area contributed by atoms with Crippen molar-refractivity contribution in [1.29, 1.82) is 0 Å². The second-order valence-electron chi connectivity index (χ2n) is 22.1. The maximum atomic E-state index is 6.78. The van der Waals surface area contributed by atoms with Gasteiger partial charge >= 0.3 is 0 Å². The maximum Gasteiger partial charge on any atom is 0.167 e. The van der Waals surface area contributed by atoms with Gasteiger partial charge in [-0.3, -0.25) is 0 Å². The molecule has 0 fully saturated rings. The average molecular weight is 1130 g/mol. The topological polar surface area (TPSA) is 130 Å². The van der Waals surface area contributed by atoms with Crippen LogP contribution in [0.5, 0.6) is 0 Å². The minimum atomic E-state index is 0.495. The van der Waals surface area contributed by atoms with Crippen molar-refractivity contribution in [3.63, 3.8) is 0 Å². The van der Waals surface area contributed by atoms with Gasteiger partial charge in [0.2, 0.25) is 0 Å². The van der Waals surface area contributed by atoms with Crippen molar-refractivity contribution >= 4 is 87.8 Å². The SMILES string of the molecule is c1ccc(-c2nc(-c3ccc4c(c3)oc3cc(-c5ccc6oc7c(-c8nc(-c9ccccc9)nc(-c9ccc%10c(c9)oc9cccc(-c%11ccccc%11)c9%10)n8)cccc7c6c5)ccc34)nc(-c3ccc4c(c3)oc3cccc(-c5ccccc5)c34)n2)cc1. The van der Waals surface area contributed by atoms with Crippen molar-refractivity contribution < 1.29 is 17.7 Å². The summed E-state index contributed by atoms with van der Waals surface area (Å²) in [4.78, 5) is 30.7. The fourth-order valence-electron chi connectivity index (χ4n) is 12.6. The van der Waals surface area contributed by atoms with Gasteiger partial charge in [0.25, 0.3) is 0 Å². The number of fused-ring (bicyclic) bond motifs is 12. The van der Waals surface area contributed by atoms with E-state index in [9.17, 15) is 0 Å². The lowest BCUT2D eigenvalue weighted by atomic mass is 9.99. The molecule has 0 spiro atoms. The second kappa shape index (κ2) is 19.7. The average Bonchev–Trinajstić information content (AvgIpc) is 2.08. The summed E-state index contributed by atoms with van der Waals surface area (Å²) in [5, 5.41) is 8.08. The molecule has 0 aliphatic carbocycles. The molecular weight excluding hydrogens is 1080 g/mol. The molecule has 88 heavy (non-hydrogen) atoms. The van der Waals surface area contributed by atoms with Crippen LogP contribution in [-0.2, 0) is 0 Å².